The third kappa shape index (κ3) is 3.34. The van der Waals surface area contributed by atoms with Crippen LogP contribution in [0.3, 0.4) is 0 Å². The molecule has 2 aromatic carbocycles. The largest absolute Gasteiger partial charge is 0.493 e. The summed E-state index contributed by atoms with van der Waals surface area (Å²) >= 11 is 9.58. The second-order valence-corrected chi connectivity index (χ2v) is 5.96. The number of hydrogen-bond acceptors (Lipinski definition) is 3. The number of hydrogen-bond donors (Lipinski definition) is 1. The van der Waals surface area contributed by atoms with Gasteiger partial charge in [-0.2, -0.15) is 0 Å². The molecule has 3 nitrogen and oxygen atoms in total. The number of aryl methyl sites for hydroxylation is 1. The Kier molecular flexibility index (Phi) is 5.14. The lowest BCUT2D eigenvalue weighted by Gasteiger charge is -2.18. The summed E-state index contributed by atoms with van der Waals surface area (Å²) in [7, 11) is 3.15. The molecule has 1 unspecified atom stereocenters. The van der Waals surface area contributed by atoms with Crippen LogP contribution in [-0.4, -0.2) is 19.3 Å². The number of rotatable bonds is 4. The highest BCUT2D eigenvalue weighted by Crippen LogP contribution is 2.37. The maximum absolute atomic E-state index is 10.7. The molecule has 0 amide bonds. The molecule has 21 heavy (non-hydrogen) atoms. The molecule has 0 radical (unpaired) electrons. The van der Waals surface area contributed by atoms with Crippen LogP contribution in [0, 0.1) is 6.92 Å². The first-order valence-electron chi connectivity index (χ1n) is 6.33. The van der Waals surface area contributed by atoms with Crippen molar-refractivity contribution in [1.82, 2.24) is 0 Å². The molecule has 0 bridgehead atoms. The van der Waals surface area contributed by atoms with E-state index in [0.29, 0.717) is 22.1 Å². The second kappa shape index (κ2) is 6.69. The zero-order valence-corrected chi connectivity index (χ0v) is 14.3. The first-order chi connectivity index (χ1) is 9.97. The van der Waals surface area contributed by atoms with Crippen molar-refractivity contribution in [3.05, 3.63) is 56.5 Å². The van der Waals surface area contributed by atoms with Crippen molar-refractivity contribution < 1.29 is 14.6 Å². The van der Waals surface area contributed by atoms with Crippen LogP contribution < -0.4 is 9.47 Å². The van der Waals surface area contributed by atoms with E-state index in [1.54, 1.807) is 26.4 Å². The normalized spacial score (nSPS) is 12.1. The molecule has 2 aromatic rings. The SMILES string of the molecule is COc1cc(C)c(C(O)c2cc(Br)ccc2Cl)cc1OC. The van der Waals surface area contributed by atoms with Gasteiger partial charge in [-0.25, -0.2) is 0 Å². The lowest BCUT2D eigenvalue weighted by atomic mass is 9.97. The van der Waals surface area contributed by atoms with Gasteiger partial charge in [0.25, 0.3) is 0 Å². The summed E-state index contributed by atoms with van der Waals surface area (Å²) in [5.41, 5.74) is 2.27. The number of aliphatic hydroxyl groups is 1. The van der Waals surface area contributed by atoms with Crippen LogP contribution in [-0.2, 0) is 0 Å². The molecule has 2 rings (SSSR count). The van der Waals surface area contributed by atoms with Crippen molar-refractivity contribution in [2.24, 2.45) is 0 Å². The highest BCUT2D eigenvalue weighted by molar-refractivity contribution is 9.10. The highest BCUT2D eigenvalue weighted by Gasteiger charge is 2.19. The van der Waals surface area contributed by atoms with Crippen molar-refractivity contribution >= 4 is 27.5 Å². The van der Waals surface area contributed by atoms with Crippen LogP contribution in [0.25, 0.3) is 0 Å². The lowest BCUT2D eigenvalue weighted by Crippen LogP contribution is -2.04. The van der Waals surface area contributed by atoms with E-state index >= 15 is 0 Å². The highest BCUT2D eigenvalue weighted by atomic mass is 79.9. The van der Waals surface area contributed by atoms with Gasteiger partial charge in [0.15, 0.2) is 11.5 Å². The summed E-state index contributed by atoms with van der Waals surface area (Å²) < 4.78 is 11.4. The summed E-state index contributed by atoms with van der Waals surface area (Å²) in [4.78, 5) is 0. The predicted molar refractivity (Wildman–Crippen MR) is 87.5 cm³/mol. The van der Waals surface area contributed by atoms with Gasteiger partial charge in [0.05, 0.1) is 14.2 Å². The van der Waals surface area contributed by atoms with Gasteiger partial charge in [-0.3, -0.25) is 0 Å². The molecule has 0 aliphatic rings. The Balaban J connectivity index is 2.52. The number of aliphatic hydroxyl groups excluding tert-OH is 1. The van der Waals surface area contributed by atoms with Gasteiger partial charge in [-0.1, -0.05) is 27.5 Å². The third-order valence-electron chi connectivity index (χ3n) is 3.32. The summed E-state index contributed by atoms with van der Waals surface area (Å²) in [5.74, 6) is 1.20. The van der Waals surface area contributed by atoms with Gasteiger partial charge < -0.3 is 14.6 Å². The zero-order valence-electron chi connectivity index (χ0n) is 12.0. The molecular weight excluding hydrogens is 356 g/mol. The van der Waals surface area contributed by atoms with E-state index in [4.69, 9.17) is 21.1 Å². The quantitative estimate of drug-likeness (QED) is 0.859. The molecule has 0 aliphatic heterocycles. The lowest BCUT2D eigenvalue weighted by molar-refractivity contribution is 0.218. The smallest absolute Gasteiger partial charge is 0.161 e. The van der Waals surface area contributed by atoms with Crippen LogP contribution >= 0.6 is 27.5 Å². The maximum atomic E-state index is 10.7. The average molecular weight is 372 g/mol. The Hall–Kier alpha value is -1.23. The van der Waals surface area contributed by atoms with Crippen LogP contribution in [0.2, 0.25) is 5.02 Å². The molecule has 1 atom stereocenters. The van der Waals surface area contributed by atoms with Gasteiger partial charge in [-0.05, 0) is 48.4 Å². The molecule has 0 heterocycles. The fourth-order valence-corrected chi connectivity index (χ4v) is 2.78. The summed E-state index contributed by atoms with van der Waals surface area (Å²) in [5, 5.41) is 11.2. The van der Waals surface area contributed by atoms with Crippen LogP contribution in [0.5, 0.6) is 11.5 Å². The number of halogens is 2. The summed E-state index contributed by atoms with van der Waals surface area (Å²) in [6.07, 6.45) is -0.838. The van der Waals surface area contributed by atoms with E-state index in [1.807, 2.05) is 25.1 Å². The van der Waals surface area contributed by atoms with Crippen molar-refractivity contribution in [1.29, 1.82) is 0 Å². The maximum Gasteiger partial charge on any atom is 0.161 e. The molecule has 5 heteroatoms. The monoisotopic (exact) mass is 370 g/mol. The fraction of sp³-hybridized carbons (Fsp3) is 0.250. The Morgan fingerprint density at radius 2 is 1.67 bits per heavy atom. The minimum absolute atomic E-state index is 0.514. The third-order valence-corrected chi connectivity index (χ3v) is 4.16. The number of ether oxygens (including phenoxy) is 2. The molecule has 0 aliphatic carbocycles. The minimum Gasteiger partial charge on any atom is -0.493 e. The van der Waals surface area contributed by atoms with Gasteiger partial charge in [0, 0.05) is 15.1 Å². The van der Waals surface area contributed by atoms with Crippen molar-refractivity contribution in [2.45, 2.75) is 13.0 Å². The first-order valence-corrected chi connectivity index (χ1v) is 7.50. The summed E-state index contributed by atoms with van der Waals surface area (Å²) in [6, 6.07) is 9.00. The van der Waals surface area contributed by atoms with E-state index in [2.05, 4.69) is 15.9 Å². The van der Waals surface area contributed by atoms with Crippen LogP contribution in [0.4, 0.5) is 0 Å². The Morgan fingerprint density at radius 1 is 1.05 bits per heavy atom. The average Bonchev–Trinajstić information content (AvgIpc) is 2.48. The van der Waals surface area contributed by atoms with Gasteiger partial charge >= 0.3 is 0 Å². The molecular formula is C16H16BrClO3. The number of methoxy groups -OCH3 is 2. The van der Waals surface area contributed by atoms with E-state index in [1.165, 1.54) is 0 Å². The first kappa shape index (κ1) is 16.1. The van der Waals surface area contributed by atoms with Crippen LogP contribution in [0.1, 0.15) is 22.8 Å². The molecule has 0 saturated carbocycles. The summed E-state index contributed by atoms with van der Waals surface area (Å²) in [6.45, 7) is 1.91. The Labute approximate surface area is 137 Å². The Morgan fingerprint density at radius 3 is 2.29 bits per heavy atom. The van der Waals surface area contributed by atoms with E-state index in [-0.39, 0.29) is 0 Å². The molecule has 0 fully saturated rings. The van der Waals surface area contributed by atoms with E-state index in [0.717, 1.165) is 15.6 Å². The Bertz CT molecular complexity index is 658. The fourth-order valence-electron chi connectivity index (χ4n) is 2.18. The molecule has 112 valence electrons. The van der Waals surface area contributed by atoms with Crippen molar-refractivity contribution in [3.8, 4) is 11.5 Å². The standard InChI is InChI=1S/C16H16BrClO3/c1-9-6-14(20-2)15(21-3)8-11(9)16(19)12-7-10(17)4-5-13(12)18/h4-8,16,19H,1-3H3. The van der Waals surface area contributed by atoms with E-state index < -0.39 is 6.10 Å². The minimum atomic E-state index is -0.838. The zero-order chi connectivity index (χ0) is 15.6. The van der Waals surface area contributed by atoms with Gasteiger partial charge in [0.1, 0.15) is 6.10 Å². The van der Waals surface area contributed by atoms with Crippen molar-refractivity contribution in [2.75, 3.05) is 14.2 Å². The number of benzene rings is 2. The predicted octanol–water partition coefficient (Wildman–Crippen LogP) is 4.51. The molecule has 0 spiro atoms. The van der Waals surface area contributed by atoms with Crippen molar-refractivity contribution in [3.63, 3.8) is 0 Å². The molecule has 1 N–H and O–H groups in total. The molecule has 0 saturated heterocycles. The van der Waals surface area contributed by atoms with Crippen LogP contribution in [0.15, 0.2) is 34.8 Å². The van der Waals surface area contributed by atoms with E-state index in [9.17, 15) is 5.11 Å². The van der Waals surface area contributed by atoms with Gasteiger partial charge in [0.2, 0.25) is 0 Å². The second-order valence-electron chi connectivity index (χ2n) is 4.63. The molecule has 0 aromatic heterocycles. The van der Waals surface area contributed by atoms with Gasteiger partial charge in [-0.15, -0.1) is 0 Å². The topological polar surface area (TPSA) is 38.7 Å².